The highest BCUT2D eigenvalue weighted by Crippen LogP contribution is 1.91. The van der Waals surface area contributed by atoms with Crippen LogP contribution in [0.1, 0.15) is 10.4 Å². The van der Waals surface area contributed by atoms with Gasteiger partial charge in [0, 0.05) is 11.6 Å². The van der Waals surface area contributed by atoms with Crippen LogP contribution in [0.2, 0.25) is 0 Å². The summed E-state index contributed by atoms with van der Waals surface area (Å²) < 4.78 is 0. The van der Waals surface area contributed by atoms with Crippen molar-refractivity contribution in [2.45, 2.75) is 0 Å². The molecule has 1 rings (SSSR count). The lowest BCUT2D eigenvalue weighted by molar-refractivity contribution is -0.131. The summed E-state index contributed by atoms with van der Waals surface area (Å²) in [5.41, 5.74) is 0.729. The van der Waals surface area contributed by atoms with E-state index in [-0.39, 0.29) is 0 Å². The van der Waals surface area contributed by atoms with Crippen LogP contribution in [0.5, 0.6) is 0 Å². The highest BCUT2D eigenvalue weighted by Gasteiger charge is 1.80. The summed E-state index contributed by atoms with van der Waals surface area (Å²) in [5.74, 6) is -0.981. The third kappa shape index (κ3) is 6.50. The second-order valence-corrected chi connectivity index (χ2v) is 2.07. The minimum atomic E-state index is -0.981. The van der Waals surface area contributed by atoms with Gasteiger partial charge >= 0.3 is 5.97 Å². The number of rotatable bonds is 2. The molecule has 3 nitrogen and oxygen atoms in total. The van der Waals surface area contributed by atoms with Crippen LogP contribution in [0, 0.1) is 0 Å². The van der Waals surface area contributed by atoms with E-state index in [0.29, 0.717) is 0 Å². The Morgan fingerprint density at radius 2 is 1.77 bits per heavy atom. The fourth-order valence-corrected chi connectivity index (χ4v) is 0.532. The molecule has 0 fully saturated rings. The zero-order chi connectivity index (χ0) is 10.1. The first-order valence-corrected chi connectivity index (χ1v) is 3.56. The summed E-state index contributed by atoms with van der Waals surface area (Å²) in [5, 5.41) is 7.60. The molecule has 0 aliphatic carbocycles. The van der Waals surface area contributed by atoms with E-state index in [1.807, 2.05) is 18.2 Å². The number of carboxylic acid groups (broad SMARTS) is 1. The lowest BCUT2D eigenvalue weighted by atomic mass is 10.2. The van der Waals surface area contributed by atoms with E-state index in [1.54, 1.807) is 12.1 Å². The summed E-state index contributed by atoms with van der Waals surface area (Å²) in [6.07, 6.45) is 1.67. The molecule has 0 aliphatic rings. The highest BCUT2D eigenvalue weighted by molar-refractivity contribution is 5.78. The summed E-state index contributed by atoms with van der Waals surface area (Å²) in [7, 11) is 0. The smallest absolute Gasteiger partial charge is 0.327 e. The number of carbonyl (C=O) groups is 2. The number of aldehydes is 1. The second kappa shape index (κ2) is 6.79. The standard InChI is InChI=1S/C7H6O.C3H4O2/c8-6-7-4-2-1-3-5-7;1-2-3(4)5/h1-6H;2H,1H2,(H,4,5). The number of aliphatic carboxylic acids is 1. The van der Waals surface area contributed by atoms with E-state index in [4.69, 9.17) is 5.11 Å². The molecule has 0 aromatic heterocycles. The van der Waals surface area contributed by atoms with Gasteiger partial charge in [-0.25, -0.2) is 4.79 Å². The fraction of sp³-hybridized carbons (Fsp3) is 0. The molecule has 0 aliphatic heterocycles. The van der Waals surface area contributed by atoms with Crippen LogP contribution in [0.25, 0.3) is 0 Å². The fourth-order valence-electron chi connectivity index (χ4n) is 0.532. The van der Waals surface area contributed by atoms with Crippen molar-refractivity contribution in [2.75, 3.05) is 0 Å². The minimum Gasteiger partial charge on any atom is -0.478 e. The van der Waals surface area contributed by atoms with Crippen LogP contribution < -0.4 is 0 Å². The van der Waals surface area contributed by atoms with Gasteiger partial charge in [0.05, 0.1) is 0 Å². The van der Waals surface area contributed by atoms with Crippen molar-refractivity contribution >= 4 is 12.3 Å². The monoisotopic (exact) mass is 178 g/mol. The molecule has 3 heteroatoms. The number of carbonyl (C=O) groups excluding carboxylic acids is 1. The molecule has 0 amide bonds. The van der Waals surface area contributed by atoms with Crippen LogP contribution in [0.15, 0.2) is 43.0 Å². The zero-order valence-corrected chi connectivity index (χ0v) is 7.01. The average Bonchev–Trinajstić information content (AvgIpc) is 2.20. The molecule has 68 valence electrons. The molecule has 0 unspecified atom stereocenters. The van der Waals surface area contributed by atoms with Crippen LogP contribution >= 0.6 is 0 Å². The summed E-state index contributed by atoms with van der Waals surface area (Å²) in [6.45, 7) is 2.96. The van der Waals surface area contributed by atoms with Crippen molar-refractivity contribution in [3.05, 3.63) is 48.6 Å². The number of benzene rings is 1. The maximum atomic E-state index is 10.0. The first-order valence-electron chi connectivity index (χ1n) is 3.56. The largest absolute Gasteiger partial charge is 0.478 e. The Morgan fingerprint density at radius 1 is 1.31 bits per heavy atom. The predicted octanol–water partition coefficient (Wildman–Crippen LogP) is 1.76. The normalized spacial score (nSPS) is 7.69. The minimum absolute atomic E-state index is 0.729. The van der Waals surface area contributed by atoms with Crippen molar-refractivity contribution in [3.63, 3.8) is 0 Å². The van der Waals surface area contributed by atoms with Gasteiger partial charge in [-0.2, -0.15) is 0 Å². The molecule has 13 heavy (non-hydrogen) atoms. The molecular weight excluding hydrogens is 168 g/mol. The molecule has 0 saturated heterocycles. The van der Waals surface area contributed by atoms with Gasteiger partial charge in [0.25, 0.3) is 0 Å². The molecule has 1 aromatic carbocycles. The number of carboxylic acids is 1. The lowest BCUT2D eigenvalue weighted by Crippen LogP contribution is -1.82. The Balaban J connectivity index is 0.000000252. The first kappa shape index (κ1) is 11.1. The van der Waals surface area contributed by atoms with E-state index < -0.39 is 5.97 Å². The van der Waals surface area contributed by atoms with Gasteiger partial charge in [0.2, 0.25) is 0 Å². The maximum absolute atomic E-state index is 10.0. The highest BCUT2D eigenvalue weighted by atomic mass is 16.4. The van der Waals surface area contributed by atoms with E-state index >= 15 is 0 Å². The van der Waals surface area contributed by atoms with Crippen LogP contribution in [-0.4, -0.2) is 17.4 Å². The Morgan fingerprint density at radius 3 is 2.00 bits per heavy atom. The maximum Gasteiger partial charge on any atom is 0.327 e. The topological polar surface area (TPSA) is 54.4 Å². The summed E-state index contributed by atoms with van der Waals surface area (Å²) in [6, 6.07) is 9.10. The van der Waals surface area contributed by atoms with E-state index in [2.05, 4.69) is 6.58 Å². The van der Waals surface area contributed by atoms with Crippen molar-refractivity contribution in [1.29, 1.82) is 0 Å². The number of hydrogen-bond donors (Lipinski definition) is 1. The second-order valence-electron chi connectivity index (χ2n) is 2.07. The van der Waals surface area contributed by atoms with Crippen LogP contribution in [0.4, 0.5) is 0 Å². The molecule has 0 spiro atoms. The lowest BCUT2D eigenvalue weighted by Gasteiger charge is -1.81. The third-order valence-electron chi connectivity index (χ3n) is 1.11. The van der Waals surface area contributed by atoms with E-state index in [9.17, 15) is 9.59 Å². The molecule has 0 atom stereocenters. The van der Waals surface area contributed by atoms with Gasteiger partial charge in [-0.1, -0.05) is 36.9 Å². The van der Waals surface area contributed by atoms with Gasteiger partial charge < -0.3 is 5.11 Å². The van der Waals surface area contributed by atoms with E-state index in [0.717, 1.165) is 17.9 Å². The van der Waals surface area contributed by atoms with Gasteiger partial charge in [-0.3, -0.25) is 4.79 Å². The molecule has 0 heterocycles. The Bertz CT molecular complexity index is 277. The van der Waals surface area contributed by atoms with Crippen molar-refractivity contribution in [2.24, 2.45) is 0 Å². The Labute approximate surface area is 76.3 Å². The average molecular weight is 178 g/mol. The first-order chi connectivity index (χ1) is 6.20. The zero-order valence-electron chi connectivity index (χ0n) is 7.01. The van der Waals surface area contributed by atoms with Gasteiger partial charge in [0.15, 0.2) is 0 Å². The summed E-state index contributed by atoms with van der Waals surface area (Å²) in [4.78, 5) is 19.3. The SMILES string of the molecule is C=CC(=O)O.O=Cc1ccccc1. The van der Waals surface area contributed by atoms with Gasteiger partial charge in [0.1, 0.15) is 6.29 Å². The quantitative estimate of drug-likeness (QED) is 0.554. The molecular formula is C10H10O3. The van der Waals surface area contributed by atoms with Gasteiger partial charge in [-0.15, -0.1) is 0 Å². The van der Waals surface area contributed by atoms with Crippen molar-refractivity contribution < 1.29 is 14.7 Å². The molecule has 0 bridgehead atoms. The molecule has 1 aromatic rings. The Hall–Kier alpha value is -1.90. The van der Waals surface area contributed by atoms with Crippen molar-refractivity contribution in [1.82, 2.24) is 0 Å². The van der Waals surface area contributed by atoms with E-state index in [1.165, 1.54) is 0 Å². The van der Waals surface area contributed by atoms with Crippen molar-refractivity contribution in [3.8, 4) is 0 Å². The van der Waals surface area contributed by atoms with Crippen LogP contribution in [0.3, 0.4) is 0 Å². The molecule has 0 radical (unpaired) electrons. The molecule has 1 N–H and O–H groups in total. The molecule has 0 saturated carbocycles. The third-order valence-corrected chi connectivity index (χ3v) is 1.11. The summed E-state index contributed by atoms with van der Waals surface area (Å²) >= 11 is 0. The van der Waals surface area contributed by atoms with Crippen LogP contribution in [-0.2, 0) is 4.79 Å². The predicted molar refractivity (Wildman–Crippen MR) is 49.7 cm³/mol. The Kier molecular flexibility index (Phi) is 5.80. The van der Waals surface area contributed by atoms with Gasteiger partial charge in [-0.05, 0) is 0 Å². The number of hydrogen-bond acceptors (Lipinski definition) is 2.